The molecule has 4 aromatic rings. The van der Waals surface area contributed by atoms with E-state index in [2.05, 4.69) is 32.8 Å². The van der Waals surface area contributed by atoms with Crippen LogP contribution in [0.15, 0.2) is 65.6 Å². The maximum atomic E-state index is 15.1. The van der Waals surface area contributed by atoms with Gasteiger partial charge in [-0.25, -0.2) is 9.18 Å². The van der Waals surface area contributed by atoms with Crippen molar-refractivity contribution in [2.75, 3.05) is 6.54 Å². The van der Waals surface area contributed by atoms with Gasteiger partial charge in [0, 0.05) is 41.8 Å². The molecule has 0 amide bonds. The number of aromatic nitrogens is 3. The molecule has 0 unspecified atom stereocenters. The first-order valence-corrected chi connectivity index (χ1v) is 14.7. The van der Waals surface area contributed by atoms with Crippen LogP contribution in [0, 0.1) is 11.2 Å². The number of H-pyrrole nitrogens is 1. The molecule has 3 heterocycles. The van der Waals surface area contributed by atoms with Crippen molar-refractivity contribution >= 4 is 28.5 Å². The van der Waals surface area contributed by atoms with Crippen LogP contribution >= 0.6 is 11.6 Å². The van der Waals surface area contributed by atoms with Gasteiger partial charge in [0.1, 0.15) is 5.65 Å². The van der Waals surface area contributed by atoms with Gasteiger partial charge in [-0.05, 0) is 87.4 Å². The molecular formula is C32H37ClFN7O. The summed E-state index contributed by atoms with van der Waals surface area (Å²) in [6, 6.07) is 13.6. The molecule has 0 radical (unpaired) electrons. The molecule has 42 heavy (non-hydrogen) atoms. The molecule has 8 nitrogen and oxygen atoms in total. The number of aryl methyl sites for hydroxylation is 1. The van der Waals surface area contributed by atoms with Crippen LogP contribution in [0.1, 0.15) is 56.7 Å². The van der Waals surface area contributed by atoms with Gasteiger partial charge in [0.15, 0.2) is 5.82 Å². The van der Waals surface area contributed by atoms with Crippen LogP contribution in [0.3, 0.4) is 0 Å². The molecule has 0 aliphatic carbocycles. The number of nitrogens with zero attached hydrogens (tertiary/aromatic N) is 2. The molecule has 0 bridgehead atoms. The second-order valence-electron chi connectivity index (χ2n) is 11.1. The summed E-state index contributed by atoms with van der Waals surface area (Å²) in [4.78, 5) is 20.3. The molecule has 0 saturated carbocycles. The van der Waals surface area contributed by atoms with Crippen molar-refractivity contribution in [3.05, 3.63) is 93.3 Å². The Bertz CT molecular complexity index is 1660. The SMILES string of the molecule is CC(=N)NCC[C@@H]1C=CC[C@@H](c2ccc(-n3cc4cc(-c5cc(CCC[C@H](C)N)cc(Cl)c5F)[nH]c4nc3=O)cc2)N1. The fourth-order valence-electron chi connectivity index (χ4n) is 5.39. The Morgan fingerprint density at radius 2 is 2.07 bits per heavy atom. The van der Waals surface area contributed by atoms with Crippen LogP contribution in [0.2, 0.25) is 5.02 Å². The Morgan fingerprint density at radius 1 is 1.29 bits per heavy atom. The highest BCUT2D eigenvalue weighted by molar-refractivity contribution is 6.31. The van der Waals surface area contributed by atoms with E-state index in [9.17, 15) is 4.79 Å². The maximum Gasteiger partial charge on any atom is 0.354 e. The number of nitrogens with one attached hydrogen (secondary N) is 4. The summed E-state index contributed by atoms with van der Waals surface area (Å²) in [5, 5.41) is 15.0. The molecule has 1 aliphatic heterocycles. The number of hydrogen-bond donors (Lipinski definition) is 5. The quantitative estimate of drug-likeness (QED) is 0.0911. The highest BCUT2D eigenvalue weighted by atomic mass is 35.5. The zero-order valence-electron chi connectivity index (χ0n) is 23.9. The molecule has 2 aromatic heterocycles. The Labute approximate surface area is 249 Å². The van der Waals surface area contributed by atoms with Crippen LogP contribution in [-0.2, 0) is 6.42 Å². The van der Waals surface area contributed by atoms with Crippen LogP contribution in [0.4, 0.5) is 4.39 Å². The number of amidine groups is 1. The predicted molar refractivity (Wildman–Crippen MR) is 168 cm³/mol. The lowest BCUT2D eigenvalue weighted by atomic mass is 9.97. The smallest absolute Gasteiger partial charge is 0.354 e. The number of rotatable bonds is 10. The van der Waals surface area contributed by atoms with Crippen molar-refractivity contribution in [1.82, 2.24) is 25.2 Å². The van der Waals surface area contributed by atoms with Gasteiger partial charge in [0.05, 0.1) is 22.2 Å². The zero-order chi connectivity index (χ0) is 29.8. The third kappa shape index (κ3) is 6.98. The minimum absolute atomic E-state index is 0.0574. The highest BCUT2D eigenvalue weighted by Gasteiger charge is 2.19. The number of nitrogens with two attached hydrogens (primary N) is 1. The number of halogens is 2. The molecule has 2 aromatic carbocycles. The first-order chi connectivity index (χ1) is 20.2. The average molecular weight is 590 g/mol. The van der Waals surface area contributed by atoms with Crippen LogP contribution < -0.4 is 22.1 Å². The molecule has 0 saturated heterocycles. The van der Waals surface area contributed by atoms with Gasteiger partial charge in [0.25, 0.3) is 0 Å². The summed E-state index contributed by atoms with van der Waals surface area (Å²) < 4.78 is 16.6. The van der Waals surface area contributed by atoms with Crippen molar-refractivity contribution in [2.45, 2.75) is 64.1 Å². The summed E-state index contributed by atoms with van der Waals surface area (Å²) in [7, 11) is 0. The molecule has 10 heteroatoms. The van der Waals surface area contributed by atoms with Crippen LogP contribution in [0.5, 0.6) is 0 Å². The summed E-state index contributed by atoms with van der Waals surface area (Å²) in [6.07, 6.45) is 10.3. The van der Waals surface area contributed by atoms with Crippen molar-refractivity contribution in [2.24, 2.45) is 5.73 Å². The normalized spacial score (nSPS) is 17.5. The number of aromatic amines is 1. The minimum Gasteiger partial charge on any atom is -0.374 e. The Hall–Kier alpha value is -3.79. The van der Waals surface area contributed by atoms with E-state index in [1.54, 1.807) is 31.3 Å². The van der Waals surface area contributed by atoms with Gasteiger partial charge in [-0.15, -0.1) is 0 Å². The zero-order valence-corrected chi connectivity index (χ0v) is 24.6. The van der Waals surface area contributed by atoms with Gasteiger partial charge in [-0.2, -0.15) is 4.98 Å². The molecule has 0 fully saturated rings. The van der Waals surface area contributed by atoms with Crippen molar-refractivity contribution in [1.29, 1.82) is 5.41 Å². The fraction of sp³-hybridized carbons (Fsp3) is 0.344. The second kappa shape index (κ2) is 13.0. The van der Waals surface area contributed by atoms with E-state index in [0.29, 0.717) is 33.8 Å². The minimum atomic E-state index is -0.514. The first-order valence-electron chi connectivity index (χ1n) is 14.4. The van der Waals surface area contributed by atoms with Crippen molar-refractivity contribution in [3.8, 4) is 16.9 Å². The molecule has 3 atom stereocenters. The monoisotopic (exact) mass is 589 g/mol. The van der Waals surface area contributed by atoms with Crippen LogP contribution in [-0.4, -0.2) is 39.0 Å². The summed E-state index contributed by atoms with van der Waals surface area (Å²) in [5.74, 6) is -0.0465. The second-order valence-corrected chi connectivity index (χ2v) is 11.5. The maximum absolute atomic E-state index is 15.1. The average Bonchev–Trinajstić information content (AvgIpc) is 3.37. The molecule has 220 valence electrons. The summed E-state index contributed by atoms with van der Waals surface area (Å²) in [5.41, 5.74) is 9.43. The van der Waals surface area contributed by atoms with E-state index in [0.717, 1.165) is 49.8 Å². The van der Waals surface area contributed by atoms with Gasteiger partial charge in [-0.1, -0.05) is 35.9 Å². The van der Waals surface area contributed by atoms with E-state index in [1.807, 2.05) is 31.2 Å². The largest absolute Gasteiger partial charge is 0.374 e. The predicted octanol–water partition coefficient (Wildman–Crippen LogP) is 5.78. The van der Waals surface area contributed by atoms with Gasteiger partial charge in [0.2, 0.25) is 0 Å². The topological polar surface area (TPSA) is 125 Å². The fourth-order valence-corrected chi connectivity index (χ4v) is 5.64. The van der Waals surface area contributed by atoms with E-state index < -0.39 is 11.5 Å². The highest BCUT2D eigenvalue weighted by Crippen LogP contribution is 2.31. The van der Waals surface area contributed by atoms with E-state index in [4.69, 9.17) is 22.7 Å². The third-order valence-electron chi connectivity index (χ3n) is 7.59. The molecular weight excluding hydrogens is 553 g/mol. The molecule has 1 aliphatic rings. The lowest BCUT2D eigenvalue weighted by molar-refractivity contribution is 0.446. The summed E-state index contributed by atoms with van der Waals surface area (Å²) >= 11 is 6.25. The Balaban J connectivity index is 1.35. The molecule has 6 N–H and O–H groups in total. The number of fused-ring (bicyclic) bond motifs is 1. The van der Waals surface area contributed by atoms with Crippen LogP contribution in [0.25, 0.3) is 28.0 Å². The lowest BCUT2D eigenvalue weighted by Crippen LogP contribution is -2.36. The molecule has 0 spiro atoms. The van der Waals surface area contributed by atoms with E-state index >= 15 is 4.39 Å². The standard InChI is InChI=1S/C32H37ClFN7O/c1-19(35)5-3-6-21-15-26(30(34)27(33)16-21)29-17-23-18-41(32(42)40-31(23)39-29)25-11-9-22(10-12-25)28-8-4-7-24(38-28)13-14-37-20(2)36/h4,7,9-12,15-19,24,28,38H,3,5-6,8,13-14,35H2,1-2H3,(H2,36,37)(H,39,40,42)/t19-,24-,28-/m0/s1. The molecule has 5 rings (SSSR count). The van der Waals surface area contributed by atoms with E-state index in [1.165, 1.54) is 4.57 Å². The van der Waals surface area contributed by atoms with Crippen molar-refractivity contribution in [3.63, 3.8) is 0 Å². The first kappa shape index (κ1) is 29.7. The Kier molecular flexibility index (Phi) is 9.21. The third-order valence-corrected chi connectivity index (χ3v) is 7.86. The van der Waals surface area contributed by atoms with Gasteiger partial charge in [-0.3, -0.25) is 9.98 Å². The van der Waals surface area contributed by atoms with Gasteiger partial charge >= 0.3 is 5.69 Å². The van der Waals surface area contributed by atoms with Gasteiger partial charge < -0.3 is 21.4 Å². The lowest BCUT2D eigenvalue weighted by Gasteiger charge is -2.27. The number of hydrogen-bond acceptors (Lipinski definition) is 5. The van der Waals surface area contributed by atoms with E-state index in [-0.39, 0.29) is 23.1 Å². The number of benzene rings is 2. The van der Waals surface area contributed by atoms with Crippen molar-refractivity contribution < 1.29 is 4.39 Å². The summed E-state index contributed by atoms with van der Waals surface area (Å²) in [6.45, 7) is 4.44. The Morgan fingerprint density at radius 3 is 2.81 bits per heavy atom.